The molecule has 1 amide bonds. The summed E-state index contributed by atoms with van der Waals surface area (Å²) in [5.41, 5.74) is -0.0629. The number of nitrogens with zero attached hydrogens (tertiary/aromatic N) is 3. The molecule has 1 saturated heterocycles. The Bertz CT molecular complexity index is 704. The highest BCUT2D eigenvalue weighted by atomic mass is 19.1. The lowest BCUT2D eigenvalue weighted by Gasteiger charge is -2.37. The van der Waals surface area contributed by atoms with E-state index in [1.807, 2.05) is 31.7 Å². The van der Waals surface area contributed by atoms with Crippen molar-refractivity contribution in [1.82, 2.24) is 4.90 Å². The molecule has 0 N–H and O–H groups in total. The van der Waals surface area contributed by atoms with Gasteiger partial charge in [0.1, 0.15) is 29.8 Å². The standard InChI is InChI=1S/C19H26FN3O4/c1-19(2,3)27-18(24)23-7-5-22(6-8-23)16-12-17(26-10-9-25-4)14(13-21)11-15(16)20/h11-12H,5-10H2,1-4H3. The monoisotopic (exact) mass is 379 g/mol. The number of anilines is 1. The van der Waals surface area contributed by atoms with Crippen LogP contribution in [0.4, 0.5) is 14.9 Å². The summed E-state index contributed by atoms with van der Waals surface area (Å²) in [4.78, 5) is 15.6. The number of carbonyl (C=O) groups is 1. The maximum absolute atomic E-state index is 14.5. The first-order valence-electron chi connectivity index (χ1n) is 8.83. The summed E-state index contributed by atoms with van der Waals surface area (Å²) in [6, 6.07) is 4.66. The molecule has 0 atom stereocenters. The normalized spacial score (nSPS) is 14.7. The lowest BCUT2D eigenvalue weighted by Crippen LogP contribution is -2.50. The second-order valence-corrected chi connectivity index (χ2v) is 7.21. The van der Waals surface area contributed by atoms with E-state index in [1.165, 1.54) is 12.1 Å². The summed E-state index contributed by atoms with van der Waals surface area (Å²) in [5, 5.41) is 9.19. The van der Waals surface area contributed by atoms with Crippen LogP contribution in [0.1, 0.15) is 26.3 Å². The smallest absolute Gasteiger partial charge is 0.410 e. The molecule has 1 heterocycles. The zero-order chi connectivity index (χ0) is 20.0. The lowest BCUT2D eigenvalue weighted by atomic mass is 10.1. The van der Waals surface area contributed by atoms with E-state index in [2.05, 4.69) is 0 Å². The Morgan fingerprint density at radius 3 is 2.44 bits per heavy atom. The Kier molecular flexibility index (Phi) is 6.86. The van der Waals surface area contributed by atoms with Crippen LogP contribution in [0.2, 0.25) is 0 Å². The first-order chi connectivity index (χ1) is 12.7. The zero-order valence-electron chi connectivity index (χ0n) is 16.2. The van der Waals surface area contributed by atoms with E-state index in [-0.39, 0.29) is 18.3 Å². The highest BCUT2D eigenvalue weighted by molar-refractivity contribution is 5.69. The van der Waals surface area contributed by atoms with Gasteiger partial charge in [-0.05, 0) is 26.8 Å². The number of methoxy groups -OCH3 is 1. The quantitative estimate of drug-likeness (QED) is 0.733. The summed E-state index contributed by atoms with van der Waals surface area (Å²) in [7, 11) is 1.55. The summed E-state index contributed by atoms with van der Waals surface area (Å²) in [5.74, 6) is -0.170. The molecule has 148 valence electrons. The molecule has 7 nitrogen and oxygen atoms in total. The van der Waals surface area contributed by atoms with Gasteiger partial charge in [0.05, 0.1) is 17.9 Å². The van der Waals surface area contributed by atoms with E-state index in [9.17, 15) is 14.4 Å². The van der Waals surface area contributed by atoms with Gasteiger partial charge in [0.2, 0.25) is 0 Å². The molecule has 0 aliphatic carbocycles. The van der Waals surface area contributed by atoms with E-state index in [1.54, 1.807) is 12.0 Å². The van der Waals surface area contributed by atoms with Gasteiger partial charge in [0.15, 0.2) is 0 Å². The van der Waals surface area contributed by atoms with Gasteiger partial charge in [0, 0.05) is 39.4 Å². The topological polar surface area (TPSA) is 75.0 Å². The van der Waals surface area contributed by atoms with Crippen molar-refractivity contribution in [3.8, 4) is 11.8 Å². The van der Waals surface area contributed by atoms with Crippen molar-refractivity contribution in [2.45, 2.75) is 26.4 Å². The van der Waals surface area contributed by atoms with Crippen molar-refractivity contribution < 1.29 is 23.4 Å². The summed E-state index contributed by atoms with van der Waals surface area (Å²) in [6.07, 6.45) is -0.369. The van der Waals surface area contributed by atoms with Crippen molar-refractivity contribution in [3.05, 3.63) is 23.5 Å². The predicted molar refractivity (Wildman–Crippen MR) is 98.5 cm³/mol. The molecule has 0 radical (unpaired) electrons. The minimum Gasteiger partial charge on any atom is -0.490 e. The molecule has 0 spiro atoms. The molecular weight excluding hydrogens is 353 g/mol. The number of hydrogen-bond acceptors (Lipinski definition) is 6. The molecule has 1 fully saturated rings. The van der Waals surface area contributed by atoms with E-state index >= 15 is 0 Å². The number of nitriles is 1. The van der Waals surface area contributed by atoms with E-state index in [0.29, 0.717) is 44.2 Å². The second kappa shape index (κ2) is 8.91. The number of benzene rings is 1. The first-order valence-corrected chi connectivity index (χ1v) is 8.83. The molecule has 27 heavy (non-hydrogen) atoms. The largest absolute Gasteiger partial charge is 0.490 e. The van der Waals surface area contributed by atoms with Crippen LogP contribution in [0.3, 0.4) is 0 Å². The Labute approximate surface area is 159 Å². The SMILES string of the molecule is COCCOc1cc(N2CCN(C(=O)OC(C)(C)C)CC2)c(F)cc1C#N. The fraction of sp³-hybridized carbons (Fsp3) is 0.579. The van der Waals surface area contributed by atoms with E-state index < -0.39 is 11.4 Å². The zero-order valence-corrected chi connectivity index (χ0v) is 16.2. The third-order valence-corrected chi connectivity index (χ3v) is 3.99. The second-order valence-electron chi connectivity index (χ2n) is 7.21. The Morgan fingerprint density at radius 2 is 1.89 bits per heavy atom. The van der Waals surface area contributed by atoms with Gasteiger partial charge in [-0.15, -0.1) is 0 Å². The number of carbonyl (C=O) groups excluding carboxylic acids is 1. The van der Waals surface area contributed by atoms with Crippen molar-refractivity contribution in [2.24, 2.45) is 0 Å². The molecule has 0 aromatic heterocycles. The molecule has 1 aliphatic rings. The molecule has 2 rings (SSSR count). The van der Waals surface area contributed by atoms with E-state index in [0.717, 1.165) is 0 Å². The van der Waals surface area contributed by atoms with Gasteiger partial charge < -0.3 is 24.0 Å². The van der Waals surface area contributed by atoms with Crippen LogP contribution in [-0.2, 0) is 9.47 Å². The predicted octanol–water partition coefficient (Wildman–Crippen LogP) is 2.78. The number of halogens is 1. The average Bonchev–Trinajstić information content (AvgIpc) is 2.61. The Hall–Kier alpha value is -2.53. The molecule has 8 heteroatoms. The van der Waals surface area contributed by atoms with Crippen LogP contribution in [0, 0.1) is 17.1 Å². The highest BCUT2D eigenvalue weighted by Gasteiger charge is 2.27. The van der Waals surface area contributed by atoms with Gasteiger partial charge >= 0.3 is 6.09 Å². The molecule has 1 aliphatic heterocycles. The number of piperazine rings is 1. The van der Waals surface area contributed by atoms with Gasteiger partial charge in [0.25, 0.3) is 0 Å². The first kappa shape index (κ1) is 20.8. The van der Waals surface area contributed by atoms with Crippen molar-refractivity contribution in [1.29, 1.82) is 5.26 Å². The van der Waals surface area contributed by atoms with Crippen molar-refractivity contribution in [3.63, 3.8) is 0 Å². The average molecular weight is 379 g/mol. The minimum absolute atomic E-state index is 0.139. The summed E-state index contributed by atoms with van der Waals surface area (Å²) in [6.45, 7) is 7.85. The van der Waals surface area contributed by atoms with Crippen LogP contribution < -0.4 is 9.64 Å². The third-order valence-electron chi connectivity index (χ3n) is 3.99. The van der Waals surface area contributed by atoms with Crippen LogP contribution in [-0.4, -0.2) is 63.1 Å². The van der Waals surface area contributed by atoms with Crippen LogP contribution in [0.25, 0.3) is 0 Å². The third kappa shape index (κ3) is 5.73. The highest BCUT2D eigenvalue weighted by Crippen LogP contribution is 2.30. The van der Waals surface area contributed by atoms with Crippen LogP contribution in [0.15, 0.2) is 12.1 Å². The lowest BCUT2D eigenvalue weighted by molar-refractivity contribution is 0.0240. The fourth-order valence-corrected chi connectivity index (χ4v) is 2.68. The number of rotatable bonds is 5. The molecule has 0 bridgehead atoms. The molecule has 1 aromatic rings. The Morgan fingerprint density at radius 1 is 1.22 bits per heavy atom. The van der Waals surface area contributed by atoms with E-state index in [4.69, 9.17) is 14.2 Å². The van der Waals surface area contributed by atoms with Gasteiger partial charge in [-0.2, -0.15) is 5.26 Å². The molecule has 0 saturated carbocycles. The number of ether oxygens (including phenoxy) is 3. The summed E-state index contributed by atoms with van der Waals surface area (Å²) < 4.78 is 30.3. The minimum atomic E-state index is -0.554. The maximum atomic E-state index is 14.5. The maximum Gasteiger partial charge on any atom is 0.410 e. The number of hydrogen-bond donors (Lipinski definition) is 0. The Balaban J connectivity index is 2.07. The van der Waals surface area contributed by atoms with Gasteiger partial charge in [-0.25, -0.2) is 9.18 Å². The summed E-state index contributed by atoms with van der Waals surface area (Å²) >= 11 is 0. The van der Waals surface area contributed by atoms with Gasteiger partial charge in [-0.3, -0.25) is 0 Å². The van der Waals surface area contributed by atoms with Crippen LogP contribution in [0.5, 0.6) is 5.75 Å². The number of amides is 1. The van der Waals surface area contributed by atoms with Gasteiger partial charge in [-0.1, -0.05) is 0 Å². The van der Waals surface area contributed by atoms with Crippen molar-refractivity contribution >= 4 is 11.8 Å². The molecule has 1 aromatic carbocycles. The van der Waals surface area contributed by atoms with Crippen molar-refractivity contribution in [2.75, 3.05) is 51.4 Å². The molecule has 0 unspecified atom stereocenters. The molecular formula is C19H26FN3O4. The fourth-order valence-electron chi connectivity index (χ4n) is 2.68. The van der Waals surface area contributed by atoms with Crippen LogP contribution >= 0.6 is 0 Å².